The average Bonchev–Trinajstić information content (AvgIpc) is 3.11. The zero-order chi connectivity index (χ0) is 18.5. The number of aromatic nitrogens is 2. The van der Waals surface area contributed by atoms with Crippen molar-refractivity contribution in [2.75, 3.05) is 7.05 Å². The van der Waals surface area contributed by atoms with Gasteiger partial charge in [0.25, 0.3) is 0 Å². The topological polar surface area (TPSA) is 51.0 Å². The molecule has 2 atom stereocenters. The summed E-state index contributed by atoms with van der Waals surface area (Å²) in [5.41, 5.74) is 0.944. The van der Waals surface area contributed by atoms with Gasteiger partial charge in [-0.2, -0.15) is 4.98 Å². The van der Waals surface area contributed by atoms with Crippen molar-refractivity contribution >= 4 is 11.8 Å². The van der Waals surface area contributed by atoms with Gasteiger partial charge in [-0.25, -0.2) is 8.78 Å². The number of likely N-dealkylation sites (N-methyl/N-ethyl adjacent to an activating group) is 1. The van der Waals surface area contributed by atoms with Crippen LogP contribution in [0.1, 0.15) is 29.5 Å². The average molecular weight is 375 g/mol. The molecule has 4 nitrogen and oxygen atoms in total. The van der Waals surface area contributed by atoms with Crippen LogP contribution >= 0.6 is 11.8 Å². The fourth-order valence-corrected chi connectivity index (χ4v) is 3.49. The largest absolute Gasteiger partial charge is 0.338 e. The normalized spacial score (nSPS) is 13.5. The molecule has 0 aliphatic carbocycles. The van der Waals surface area contributed by atoms with Crippen LogP contribution in [0.2, 0.25) is 0 Å². The third-order valence-corrected chi connectivity index (χ3v) is 5.17. The molecule has 1 N–H and O–H groups in total. The van der Waals surface area contributed by atoms with Crippen LogP contribution in [0, 0.1) is 11.6 Å². The summed E-state index contributed by atoms with van der Waals surface area (Å²) < 4.78 is 32.3. The highest BCUT2D eigenvalue weighted by Gasteiger charge is 2.23. The number of benzene rings is 2. The molecule has 136 valence electrons. The van der Waals surface area contributed by atoms with Crippen LogP contribution in [-0.2, 0) is 6.42 Å². The summed E-state index contributed by atoms with van der Waals surface area (Å²) >= 11 is 1.34. The summed E-state index contributed by atoms with van der Waals surface area (Å²) in [6, 6.07) is 13.7. The van der Waals surface area contributed by atoms with E-state index in [4.69, 9.17) is 4.52 Å². The molecular weight excluding hydrogens is 356 g/mol. The lowest BCUT2D eigenvalue weighted by Gasteiger charge is -2.13. The molecule has 26 heavy (non-hydrogen) atoms. The number of halogens is 2. The highest BCUT2D eigenvalue weighted by atomic mass is 32.2. The first-order valence-corrected chi connectivity index (χ1v) is 9.11. The summed E-state index contributed by atoms with van der Waals surface area (Å²) in [6.07, 6.45) is 0.636. The van der Waals surface area contributed by atoms with Crippen LogP contribution in [0.25, 0.3) is 0 Å². The number of rotatable bonds is 7. The van der Waals surface area contributed by atoms with Gasteiger partial charge in [-0.05, 0) is 37.7 Å². The number of hydrogen-bond acceptors (Lipinski definition) is 5. The molecule has 0 radical (unpaired) electrons. The first-order valence-electron chi connectivity index (χ1n) is 8.23. The molecule has 0 aliphatic rings. The van der Waals surface area contributed by atoms with Crippen LogP contribution in [0.4, 0.5) is 8.78 Å². The molecule has 3 rings (SSSR count). The van der Waals surface area contributed by atoms with Crippen LogP contribution in [-0.4, -0.2) is 23.2 Å². The lowest BCUT2D eigenvalue weighted by molar-refractivity contribution is 0.375. The van der Waals surface area contributed by atoms with Gasteiger partial charge in [-0.15, -0.1) is 11.8 Å². The highest BCUT2D eigenvalue weighted by molar-refractivity contribution is 7.99. The molecule has 0 saturated carbocycles. The third kappa shape index (κ3) is 4.47. The Morgan fingerprint density at radius 3 is 2.58 bits per heavy atom. The van der Waals surface area contributed by atoms with Crippen molar-refractivity contribution < 1.29 is 13.3 Å². The number of nitrogens with zero attached hydrogens (tertiary/aromatic N) is 2. The molecule has 0 spiro atoms. The van der Waals surface area contributed by atoms with E-state index in [1.807, 2.05) is 44.3 Å². The molecule has 0 amide bonds. The van der Waals surface area contributed by atoms with E-state index in [1.165, 1.54) is 17.8 Å². The Morgan fingerprint density at radius 2 is 1.88 bits per heavy atom. The minimum absolute atomic E-state index is 0.217. The zero-order valence-electron chi connectivity index (χ0n) is 14.4. The van der Waals surface area contributed by atoms with Gasteiger partial charge in [0.1, 0.15) is 5.25 Å². The van der Waals surface area contributed by atoms with Crippen molar-refractivity contribution in [1.82, 2.24) is 15.5 Å². The van der Waals surface area contributed by atoms with E-state index in [-0.39, 0.29) is 11.3 Å². The summed E-state index contributed by atoms with van der Waals surface area (Å²) in [6.45, 7) is 2.03. The minimum Gasteiger partial charge on any atom is -0.338 e. The van der Waals surface area contributed by atoms with E-state index in [1.54, 1.807) is 6.07 Å². The van der Waals surface area contributed by atoms with Crippen molar-refractivity contribution in [3.63, 3.8) is 0 Å². The Balaban J connectivity index is 1.90. The number of thioether (sulfide) groups is 1. The Kier molecular flexibility index (Phi) is 6.00. The van der Waals surface area contributed by atoms with Gasteiger partial charge in [0.2, 0.25) is 5.89 Å². The maximum atomic E-state index is 13.6. The quantitative estimate of drug-likeness (QED) is 0.621. The maximum Gasteiger partial charge on any atom is 0.244 e. The second kappa shape index (κ2) is 8.42. The Hall–Kier alpha value is -2.25. The Morgan fingerprint density at radius 1 is 1.12 bits per heavy atom. The molecule has 0 aliphatic heterocycles. The van der Waals surface area contributed by atoms with E-state index in [0.29, 0.717) is 23.0 Å². The predicted octanol–water partition coefficient (Wildman–Crippen LogP) is 4.38. The fourth-order valence-electron chi connectivity index (χ4n) is 2.41. The molecule has 1 aromatic heterocycles. The molecule has 0 bridgehead atoms. The smallest absolute Gasteiger partial charge is 0.244 e. The Labute approximate surface area is 155 Å². The fraction of sp³-hybridized carbons (Fsp3) is 0.263. The van der Waals surface area contributed by atoms with Crippen LogP contribution in [0.15, 0.2) is 57.9 Å². The molecule has 0 fully saturated rings. The van der Waals surface area contributed by atoms with Gasteiger partial charge in [-0.1, -0.05) is 35.5 Å². The molecule has 2 unspecified atom stereocenters. The summed E-state index contributed by atoms with van der Waals surface area (Å²) in [5.74, 6) is -0.708. The lowest BCUT2D eigenvalue weighted by atomic mass is 10.1. The molecule has 1 heterocycles. The molecule has 3 aromatic rings. The van der Waals surface area contributed by atoms with Gasteiger partial charge in [0.05, 0.1) is 0 Å². The minimum atomic E-state index is -0.879. The molecular formula is C19H19F2N3OS. The predicted molar refractivity (Wildman–Crippen MR) is 97.0 cm³/mol. The standard InChI is InChI=1S/C19H19F2N3OS/c1-12(22-2)10-17-23-19(25-24-17)18(13-6-4-3-5-7-13)26-14-8-9-15(20)16(21)11-14/h3-9,11-12,18,22H,10H2,1-2H3. The summed E-state index contributed by atoms with van der Waals surface area (Å²) in [7, 11) is 1.87. The van der Waals surface area contributed by atoms with Crippen molar-refractivity contribution in [3.8, 4) is 0 Å². The highest BCUT2D eigenvalue weighted by Crippen LogP contribution is 2.40. The second-order valence-electron chi connectivity index (χ2n) is 5.93. The zero-order valence-corrected chi connectivity index (χ0v) is 15.3. The molecule has 2 aromatic carbocycles. The van der Waals surface area contributed by atoms with Gasteiger partial charge >= 0.3 is 0 Å². The number of hydrogen-bond donors (Lipinski definition) is 1. The first kappa shape index (κ1) is 18.5. The van der Waals surface area contributed by atoms with Crippen molar-refractivity contribution in [3.05, 3.63) is 77.4 Å². The monoisotopic (exact) mass is 375 g/mol. The van der Waals surface area contributed by atoms with Crippen LogP contribution in [0.3, 0.4) is 0 Å². The second-order valence-corrected chi connectivity index (χ2v) is 7.11. The first-order chi connectivity index (χ1) is 12.6. The summed E-state index contributed by atoms with van der Waals surface area (Å²) in [4.78, 5) is 5.09. The molecule has 7 heteroatoms. The number of nitrogens with one attached hydrogen (secondary N) is 1. The van der Waals surface area contributed by atoms with E-state index < -0.39 is 11.6 Å². The third-order valence-electron chi connectivity index (χ3n) is 3.94. The van der Waals surface area contributed by atoms with Gasteiger partial charge < -0.3 is 9.84 Å². The summed E-state index contributed by atoms with van der Waals surface area (Å²) in [5, 5.41) is 6.87. The van der Waals surface area contributed by atoms with Crippen LogP contribution in [0.5, 0.6) is 0 Å². The Bertz CT molecular complexity index is 857. The van der Waals surface area contributed by atoms with Crippen molar-refractivity contribution in [1.29, 1.82) is 0 Å². The van der Waals surface area contributed by atoms with Gasteiger partial charge in [0.15, 0.2) is 17.5 Å². The van der Waals surface area contributed by atoms with E-state index in [0.717, 1.165) is 11.6 Å². The maximum absolute atomic E-state index is 13.6. The molecule has 0 saturated heterocycles. The van der Waals surface area contributed by atoms with Crippen molar-refractivity contribution in [2.24, 2.45) is 0 Å². The van der Waals surface area contributed by atoms with E-state index in [2.05, 4.69) is 15.5 Å². The van der Waals surface area contributed by atoms with E-state index >= 15 is 0 Å². The van der Waals surface area contributed by atoms with E-state index in [9.17, 15) is 8.78 Å². The van der Waals surface area contributed by atoms with Gasteiger partial charge in [-0.3, -0.25) is 0 Å². The van der Waals surface area contributed by atoms with Crippen LogP contribution < -0.4 is 5.32 Å². The lowest BCUT2D eigenvalue weighted by Crippen LogP contribution is -2.24. The SMILES string of the molecule is CNC(C)Cc1noc(C(Sc2ccc(F)c(F)c2)c2ccccc2)n1. The van der Waals surface area contributed by atoms with Crippen molar-refractivity contribution in [2.45, 2.75) is 29.5 Å². The van der Waals surface area contributed by atoms with Gasteiger partial charge in [0, 0.05) is 17.4 Å².